The minimum Gasteiger partial charge on any atom is -0.503 e. The van der Waals surface area contributed by atoms with Crippen LogP contribution in [0.2, 0.25) is 0 Å². The Morgan fingerprint density at radius 3 is 2.62 bits per heavy atom. The van der Waals surface area contributed by atoms with Gasteiger partial charge in [0.1, 0.15) is 0 Å². The van der Waals surface area contributed by atoms with Gasteiger partial charge in [0.25, 0.3) is 0 Å². The number of phenolic OH excluding ortho intramolecular Hbond substituents is 1. The summed E-state index contributed by atoms with van der Waals surface area (Å²) in [6, 6.07) is 15.0. The predicted molar refractivity (Wildman–Crippen MR) is 107 cm³/mol. The lowest BCUT2D eigenvalue weighted by Crippen LogP contribution is -2.56. The Balaban J connectivity index is 2.31. The summed E-state index contributed by atoms with van der Waals surface area (Å²) >= 11 is 3.65. The number of hydrogen-bond acceptors (Lipinski definition) is 3. The molecule has 2 unspecified atom stereocenters. The number of phenols is 1. The lowest BCUT2D eigenvalue weighted by atomic mass is 9.99. The first-order valence-electron chi connectivity index (χ1n) is 8.44. The van der Waals surface area contributed by atoms with Crippen LogP contribution in [0.5, 0.6) is 5.75 Å². The fraction of sp³-hybridized carbons (Fsp3) is 0.263. The van der Waals surface area contributed by atoms with Crippen molar-refractivity contribution in [3.63, 3.8) is 0 Å². The number of hydrogen-bond donors (Lipinski definition) is 3. The van der Waals surface area contributed by atoms with Gasteiger partial charge in [-0.1, -0.05) is 12.1 Å². The number of aliphatic imine (C=N–C) groups is 1. The zero-order valence-electron chi connectivity index (χ0n) is 14.3. The molecule has 0 radical (unpaired) electrons. The number of nitriles is 1. The molecule has 26 heavy (non-hydrogen) atoms. The summed E-state index contributed by atoms with van der Waals surface area (Å²) in [5.74, 6) is 0.0945. The van der Waals surface area contributed by atoms with E-state index < -0.39 is 0 Å². The third kappa shape index (κ3) is 3.14. The van der Waals surface area contributed by atoms with Gasteiger partial charge in [-0.25, -0.2) is 4.48 Å². The Morgan fingerprint density at radius 1 is 1.19 bits per heavy atom. The van der Waals surface area contributed by atoms with Crippen molar-refractivity contribution in [1.82, 2.24) is 4.48 Å². The van der Waals surface area contributed by atoms with Crippen molar-refractivity contribution in [3.05, 3.63) is 52.5 Å². The Labute approximate surface area is 161 Å². The van der Waals surface area contributed by atoms with Gasteiger partial charge in [-0.2, -0.15) is 10.3 Å². The van der Waals surface area contributed by atoms with Crippen molar-refractivity contribution < 1.29 is 5.11 Å². The number of halogens is 1. The fourth-order valence-corrected chi connectivity index (χ4v) is 4.39. The van der Waals surface area contributed by atoms with Crippen LogP contribution in [0.1, 0.15) is 24.8 Å². The number of quaternary nitrogens is 1. The number of piperidine rings is 1. The van der Waals surface area contributed by atoms with E-state index in [0.717, 1.165) is 36.0 Å². The summed E-state index contributed by atoms with van der Waals surface area (Å²) in [4.78, 5) is 4.52. The topological polar surface area (TPSA) is 108 Å². The van der Waals surface area contributed by atoms with Crippen molar-refractivity contribution in [3.8, 4) is 11.8 Å². The van der Waals surface area contributed by atoms with Gasteiger partial charge >= 0.3 is 0 Å². The minimum absolute atomic E-state index is 0.0274. The number of para-hydroxylation sites is 1. The highest BCUT2D eigenvalue weighted by atomic mass is 79.9. The molecule has 0 bridgehead atoms. The van der Waals surface area contributed by atoms with Crippen LogP contribution in [0, 0.1) is 11.3 Å². The number of guanidine groups is 1. The molecule has 1 aliphatic rings. The fourth-order valence-electron chi connectivity index (χ4n) is 3.79. The van der Waals surface area contributed by atoms with Gasteiger partial charge in [0.2, 0.25) is 0 Å². The lowest BCUT2D eigenvalue weighted by molar-refractivity contribution is 0.223. The maximum atomic E-state index is 10.8. The molecule has 2 aromatic carbocycles. The average Bonchev–Trinajstić information content (AvgIpc) is 2.62. The number of benzene rings is 2. The van der Waals surface area contributed by atoms with E-state index in [9.17, 15) is 5.11 Å². The standard InChI is InChI=1S/C19H20BrN5O/c20-14-5-1-2-6-15(14)25(10-4-3-7-18(25)24-19(22)23)16-9-8-13(12-21)11-17(16)26/h1-2,5-6,8-9,11,18H,3-4,7,10H2,(H4-,22,23,24,26)/p+1. The first kappa shape index (κ1) is 18.2. The summed E-state index contributed by atoms with van der Waals surface area (Å²) in [5.41, 5.74) is 13.5. The molecular weight excluding hydrogens is 394 g/mol. The number of rotatable bonds is 3. The molecule has 1 heterocycles. The summed E-state index contributed by atoms with van der Waals surface area (Å²) < 4.78 is 1.22. The summed E-state index contributed by atoms with van der Waals surface area (Å²) in [5, 5.41) is 19.9. The number of nitrogens with zero attached hydrogens (tertiary/aromatic N) is 3. The molecule has 2 atom stereocenters. The second-order valence-electron chi connectivity index (χ2n) is 6.39. The maximum Gasteiger partial charge on any atom is 0.195 e. The maximum absolute atomic E-state index is 10.8. The van der Waals surface area contributed by atoms with E-state index in [-0.39, 0.29) is 17.9 Å². The van der Waals surface area contributed by atoms with Crippen LogP contribution in [0.4, 0.5) is 11.4 Å². The van der Waals surface area contributed by atoms with Crippen LogP contribution in [0.15, 0.2) is 51.9 Å². The molecule has 6 nitrogen and oxygen atoms in total. The first-order valence-corrected chi connectivity index (χ1v) is 9.23. The summed E-state index contributed by atoms with van der Waals surface area (Å²) in [6.07, 6.45) is 2.50. The van der Waals surface area contributed by atoms with Crippen LogP contribution < -0.4 is 16.0 Å². The van der Waals surface area contributed by atoms with Gasteiger partial charge < -0.3 is 16.6 Å². The van der Waals surface area contributed by atoms with Gasteiger partial charge in [-0.05, 0) is 40.9 Å². The van der Waals surface area contributed by atoms with E-state index in [1.54, 1.807) is 12.1 Å². The third-order valence-electron chi connectivity index (χ3n) is 4.85. The Morgan fingerprint density at radius 2 is 1.96 bits per heavy atom. The predicted octanol–water partition coefficient (Wildman–Crippen LogP) is 3.45. The highest BCUT2D eigenvalue weighted by molar-refractivity contribution is 9.10. The van der Waals surface area contributed by atoms with Crippen LogP contribution in [0.3, 0.4) is 0 Å². The van der Waals surface area contributed by atoms with Crippen LogP contribution in [0.25, 0.3) is 0 Å². The molecule has 134 valence electrons. The van der Waals surface area contributed by atoms with Crippen molar-refractivity contribution in [2.24, 2.45) is 16.5 Å². The van der Waals surface area contributed by atoms with Gasteiger partial charge in [-0.3, -0.25) is 0 Å². The molecule has 1 fully saturated rings. The SMILES string of the molecule is N#Cc1ccc([N+]2(c3ccccc3Br)CCCCC2N=C(N)N)c(O)c1. The second kappa shape index (κ2) is 7.36. The van der Waals surface area contributed by atoms with E-state index in [0.29, 0.717) is 15.7 Å². The molecule has 2 aromatic rings. The van der Waals surface area contributed by atoms with Crippen LogP contribution >= 0.6 is 15.9 Å². The zero-order valence-corrected chi connectivity index (χ0v) is 15.9. The Hall–Kier alpha value is -2.56. The van der Waals surface area contributed by atoms with Crippen molar-refractivity contribution in [2.45, 2.75) is 25.4 Å². The molecule has 5 N–H and O–H groups in total. The molecule has 0 amide bonds. The molecule has 0 spiro atoms. The Bertz CT molecular complexity index is 888. The van der Waals surface area contributed by atoms with Gasteiger partial charge in [0.05, 0.1) is 22.7 Å². The van der Waals surface area contributed by atoms with Gasteiger partial charge in [0, 0.05) is 24.6 Å². The average molecular weight is 415 g/mol. The second-order valence-corrected chi connectivity index (χ2v) is 7.24. The van der Waals surface area contributed by atoms with Gasteiger partial charge in [0.15, 0.2) is 29.2 Å². The minimum atomic E-state index is -0.258. The molecular formula is C19H21BrN5O+. The highest BCUT2D eigenvalue weighted by Crippen LogP contribution is 2.49. The summed E-state index contributed by atoms with van der Waals surface area (Å²) in [6.45, 7) is 0.740. The molecule has 1 saturated heterocycles. The molecule has 0 aliphatic carbocycles. The molecule has 0 saturated carbocycles. The first-order chi connectivity index (χ1) is 12.5. The van der Waals surface area contributed by atoms with E-state index in [1.807, 2.05) is 24.3 Å². The van der Waals surface area contributed by atoms with E-state index in [1.165, 1.54) is 6.07 Å². The van der Waals surface area contributed by atoms with Crippen molar-refractivity contribution in [2.75, 3.05) is 6.54 Å². The van der Waals surface area contributed by atoms with Crippen LogP contribution in [-0.4, -0.2) is 23.8 Å². The van der Waals surface area contributed by atoms with Crippen LogP contribution in [-0.2, 0) is 0 Å². The van der Waals surface area contributed by atoms with Gasteiger partial charge in [-0.15, -0.1) is 0 Å². The molecule has 0 aromatic heterocycles. The van der Waals surface area contributed by atoms with E-state index in [2.05, 4.69) is 27.0 Å². The largest absolute Gasteiger partial charge is 0.503 e. The van der Waals surface area contributed by atoms with E-state index >= 15 is 0 Å². The smallest absolute Gasteiger partial charge is 0.195 e. The number of nitrogens with two attached hydrogens (primary N) is 2. The highest BCUT2D eigenvalue weighted by Gasteiger charge is 2.46. The normalized spacial score (nSPS) is 22.4. The molecule has 1 aliphatic heterocycles. The molecule has 3 rings (SSSR count). The number of aromatic hydroxyl groups is 1. The zero-order chi connectivity index (χ0) is 18.7. The third-order valence-corrected chi connectivity index (χ3v) is 5.52. The van der Waals surface area contributed by atoms with Crippen molar-refractivity contribution in [1.29, 1.82) is 5.26 Å². The monoisotopic (exact) mass is 414 g/mol. The quantitative estimate of drug-likeness (QED) is 0.405. The lowest BCUT2D eigenvalue weighted by Gasteiger charge is -2.45. The summed E-state index contributed by atoms with van der Waals surface area (Å²) in [7, 11) is 0. The molecule has 7 heteroatoms. The van der Waals surface area contributed by atoms with E-state index in [4.69, 9.17) is 16.7 Å². The Kier molecular flexibility index (Phi) is 5.16. The van der Waals surface area contributed by atoms with Crippen molar-refractivity contribution >= 4 is 33.3 Å².